The molecule has 0 bridgehead atoms. The van der Waals surface area contributed by atoms with Crippen LogP contribution in [0, 0.1) is 0 Å². The number of ether oxygens (including phenoxy) is 2. The zero-order valence-corrected chi connectivity index (χ0v) is 14.2. The molecule has 0 radical (unpaired) electrons. The Morgan fingerprint density at radius 3 is 2.56 bits per heavy atom. The molecule has 1 aliphatic rings. The molecule has 3 rings (SSSR count). The number of carbonyl (C=O) groups excluding carboxylic acids is 1. The monoisotopic (exact) mass is 340 g/mol. The van der Waals surface area contributed by atoms with Crippen molar-refractivity contribution in [2.45, 2.75) is 18.8 Å². The van der Waals surface area contributed by atoms with E-state index in [0.29, 0.717) is 26.4 Å². The number of benzene rings is 2. The van der Waals surface area contributed by atoms with Crippen LogP contribution in [0.4, 0.5) is 0 Å². The smallest absolute Gasteiger partial charge is 0.251 e. The molecule has 0 spiro atoms. The summed E-state index contributed by atoms with van der Waals surface area (Å²) in [5.74, 6) is -0.107. The molecule has 0 aliphatic carbocycles. The van der Waals surface area contributed by atoms with Gasteiger partial charge in [0.1, 0.15) is 6.10 Å². The van der Waals surface area contributed by atoms with Crippen LogP contribution in [0.2, 0.25) is 0 Å². The van der Waals surface area contributed by atoms with Gasteiger partial charge in [0.05, 0.1) is 25.9 Å². The van der Waals surface area contributed by atoms with Crippen molar-refractivity contribution in [1.29, 1.82) is 0 Å². The van der Waals surface area contributed by atoms with Gasteiger partial charge in [-0.2, -0.15) is 0 Å². The van der Waals surface area contributed by atoms with E-state index in [-0.39, 0.29) is 11.9 Å². The average Bonchev–Trinajstić information content (AvgIpc) is 2.69. The fourth-order valence-corrected chi connectivity index (χ4v) is 2.77. The van der Waals surface area contributed by atoms with Gasteiger partial charge in [0, 0.05) is 13.1 Å². The minimum absolute atomic E-state index is 0.107. The van der Waals surface area contributed by atoms with Gasteiger partial charge in [-0.25, -0.2) is 0 Å². The number of hydrogen-bond donors (Lipinski definition) is 2. The zero-order chi connectivity index (χ0) is 17.3. The highest BCUT2D eigenvalue weighted by molar-refractivity contribution is 5.81. The maximum Gasteiger partial charge on any atom is 0.251 e. The van der Waals surface area contributed by atoms with Crippen LogP contribution in [0.1, 0.15) is 17.2 Å². The van der Waals surface area contributed by atoms with Gasteiger partial charge in [-0.15, -0.1) is 0 Å². The molecule has 1 aliphatic heterocycles. The molecule has 2 N–H and O–H groups in total. The Morgan fingerprint density at radius 1 is 1.16 bits per heavy atom. The van der Waals surface area contributed by atoms with Crippen LogP contribution in [-0.2, 0) is 20.9 Å². The SMILES string of the molecule is O=C(N[C@@H](COCc1ccccc1)c1ccccc1)[C@H]1CNCCO1. The summed E-state index contributed by atoms with van der Waals surface area (Å²) in [6.45, 7) is 2.80. The summed E-state index contributed by atoms with van der Waals surface area (Å²) in [5, 5.41) is 6.24. The summed E-state index contributed by atoms with van der Waals surface area (Å²) in [6.07, 6.45) is -0.450. The second-order valence-corrected chi connectivity index (χ2v) is 6.04. The lowest BCUT2D eigenvalue weighted by atomic mass is 10.1. The minimum atomic E-state index is -0.450. The number of morpholine rings is 1. The number of carbonyl (C=O) groups is 1. The molecule has 2 atom stereocenters. The molecule has 5 nitrogen and oxygen atoms in total. The fraction of sp³-hybridized carbons (Fsp3) is 0.350. The lowest BCUT2D eigenvalue weighted by Gasteiger charge is -2.26. The van der Waals surface area contributed by atoms with Crippen LogP contribution in [0.5, 0.6) is 0 Å². The van der Waals surface area contributed by atoms with E-state index in [9.17, 15) is 4.79 Å². The van der Waals surface area contributed by atoms with E-state index in [2.05, 4.69) is 10.6 Å². The molecule has 0 saturated carbocycles. The number of hydrogen-bond acceptors (Lipinski definition) is 4. The van der Waals surface area contributed by atoms with Crippen LogP contribution < -0.4 is 10.6 Å². The second kappa shape index (κ2) is 9.32. The van der Waals surface area contributed by atoms with Crippen LogP contribution in [0.25, 0.3) is 0 Å². The second-order valence-electron chi connectivity index (χ2n) is 6.04. The van der Waals surface area contributed by atoms with Gasteiger partial charge in [0.2, 0.25) is 0 Å². The first-order chi connectivity index (χ1) is 12.3. The Hall–Kier alpha value is -2.21. The van der Waals surface area contributed by atoms with Crippen molar-refractivity contribution in [3.63, 3.8) is 0 Å². The first-order valence-electron chi connectivity index (χ1n) is 8.62. The molecule has 1 fully saturated rings. The molecule has 0 aromatic heterocycles. The summed E-state index contributed by atoms with van der Waals surface area (Å²) in [7, 11) is 0. The Morgan fingerprint density at radius 2 is 1.88 bits per heavy atom. The topological polar surface area (TPSA) is 59.6 Å². The van der Waals surface area contributed by atoms with Gasteiger partial charge >= 0.3 is 0 Å². The van der Waals surface area contributed by atoms with Gasteiger partial charge in [-0.05, 0) is 11.1 Å². The van der Waals surface area contributed by atoms with Gasteiger partial charge < -0.3 is 20.1 Å². The number of rotatable bonds is 7. The van der Waals surface area contributed by atoms with Crippen molar-refractivity contribution in [2.75, 3.05) is 26.3 Å². The molecule has 1 heterocycles. The summed E-state index contributed by atoms with van der Waals surface area (Å²) in [6, 6.07) is 19.7. The quantitative estimate of drug-likeness (QED) is 0.810. The molecule has 5 heteroatoms. The third-order valence-electron chi connectivity index (χ3n) is 4.13. The van der Waals surface area contributed by atoms with E-state index >= 15 is 0 Å². The summed E-state index contributed by atoms with van der Waals surface area (Å²) in [5.41, 5.74) is 2.13. The predicted molar refractivity (Wildman–Crippen MR) is 96.0 cm³/mol. The number of nitrogens with one attached hydrogen (secondary N) is 2. The maximum absolute atomic E-state index is 12.5. The normalized spacial score (nSPS) is 18.5. The highest BCUT2D eigenvalue weighted by Gasteiger charge is 2.24. The Labute approximate surface area is 148 Å². The van der Waals surface area contributed by atoms with E-state index in [1.54, 1.807) is 0 Å². The van der Waals surface area contributed by atoms with Crippen LogP contribution in [-0.4, -0.2) is 38.3 Å². The third kappa shape index (κ3) is 5.39. The van der Waals surface area contributed by atoms with Gasteiger partial charge in [-0.1, -0.05) is 60.7 Å². The lowest BCUT2D eigenvalue weighted by Crippen LogP contribution is -2.49. The van der Waals surface area contributed by atoms with Gasteiger partial charge in [0.15, 0.2) is 0 Å². The highest BCUT2D eigenvalue weighted by Crippen LogP contribution is 2.15. The molecular weight excluding hydrogens is 316 g/mol. The van der Waals surface area contributed by atoms with Crippen molar-refractivity contribution in [2.24, 2.45) is 0 Å². The predicted octanol–water partition coefficient (Wildman–Crippen LogP) is 2.05. The maximum atomic E-state index is 12.5. The van der Waals surface area contributed by atoms with Crippen molar-refractivity contribution < 1.29 is 14.3 Å². The van der Waals surface area contributed by atoms with Gasteiger partial charge in [-0.3, -0.25) is 4.79 Å². The molecule has 2 aromatic carbocycles. The Bertz CT molecular complexity index is 643. The first-order valence-corrected chi connectivity index (χ1v) is 8.62. The van der Waals surface area contributed by atoms with Crippen molar-refractivity contribution >= 4 is 5.91 Å². The molecule has 0 unspecified atom stereocenters. The lowest BCUT2D eigenvalue weighted by molar-refractivity contribution is -0.135. The summed E-state index contributed by atoms with van der Waals surface area (Å²) < 4.78 is 11.4. The van der Waals surface area contributed by atoms with Crippen molar-refractivity contribution in [3.05, 3.63) is 71.8 Å². The van der Waals surface area contributed by atoms with E-state index in [1.165, 1.54) is 0 Å². The summed E-state index contributed by atoms with van der Waals surface area (Å²) >= 11 is 0. The van der Waals surface area contributed by atoms with E-state index in [4.69, 9.17) is 9.47 Å². The fourth-order valence-electron chi connectivity index (χ4n) is 2.77. The average molecular weight is 340 g/mol. The molecule has 2 aromatic rings. The van der Waals surface area contributed by atoms with E-state index in [1.807, 2.05) is 60.7 Å². The van der Waals surface area contributed by atoms with Crippen LogP contribution >= 0.6 is 0 Å². The number of amides is 1. The summed E-state index contributed by atoms with van der Waals surface area (Å²) in [4.78, 5) is 12.5. The van der Waals surface area contributed by atoms with E-state index in [0.717, 1.165) is 17.7 Å². The Balaban J connectivity index is 1.60. The standard InChI is InChI=1S/C20H24N2O3/c23-20(19-13-21-11-12-25-19)22-18(17-9-5-2-6-10-17)15-24-14-16-7-3-1-4-8-16/h1-10,18-19,21H,11-15H2,(H,22,23)/t18-,19+/m0/s1. The molecule has 1 saturated heterocycles. The Kier molecular flexibility index (Phi) is 6.56. The van der Waals surface area contributed by atoms with E-state index < -0.39 is 6.10 Å². The highest BCUT2D eigenvalue weighted by atomic mass is 16.5. The minimum Gasteiger partial charge on any atom is -0.374 e. The van der Waals surface area contributed by atoms with Crippen LogP contribution in [0.15, 0.2) is 60.7 Å². The molecule has 25 heavy (non-hydrogen) atoms. The van der Waals surface area contributed by atoms with Crippen molar-refractivity contribution in [3.8, 4) is 0 Å². The zero-order valence-electron chi connectivity index (χ0n) is 14.2. The first kappa shape index (κ1) is 17.6. The third-order valence-corrected chi connectivity index (χ3v) is 4.13. The van der Waals surface area contributed by atoms with Crippen molar-refractivity contribution in [1.82, 2.24) is 10.6 Å². The van der Waals surface area contributed by atoms with Gasteiger partial charge in [0.25, 0.3) is 5.91 Å². The van der Waals surface area contributed by atoms with Crippen LogP contribution in [0.3, 0.4) is 0 Å². The molecule has 132 valence electrons. The largest absolute Gasteiger partial charge is 0.374 e. The molecular formula is C20H24N2O3. The molecule has 1 amide bonds.